The molecule has 186 valence electrons. The maximum Gasteiger partial charge on any atom is -0.0152 e. The van der Waals surface area contributed by atoms with Crippen molar-refractivity contribution in [3.63, 3.8) is 0 Å². The van der Waals surface area contributed by atoms with Crippen molar-refractivity contribution in [3.8, 4) is 11.1 Å². The average molecular weight is 459 g/mol. The van der Waals surface area contributed by atoms with E-state index in [1.54, 1.807) is 11.1 Å². The first-order valence-electron chi connectivity index (χ1n) is 14.9. The summed E-state index contributed by atoms with van der Waals surface area (Å²) in [6.45, 7) is 6.98. The molecule has 0 heterocycles. The molecular weight excluding hydrogens is 408 g/mol. The fraction of sp³-hybridized carbons (Fsp3) is 0.647. The fourth-order valence-electron chi connectivity index (χ4n) is 7.04. The Balaban J connectivity index is 1.37. The van der Waals surface area contributed by atoms with E-state index in [-0.39, 0.29) is 0 Å². The van der Waals surface area contributed by atoms with Crippen LogP contribution in [-0.4, -0.2) is 0 Å². The second-order valence-corrected chi connectivity index (χ2v) is 11.6. The molecule has 0 bridgehead atoms. The number of rotatable bonds is 10. The van der Waals surface area contributed by atoms with E-state index >= 15 is 0 Å². The Labute approximate surface area is 211 Å². The molecule has 0 aliphatic heterocycles. The van der Waals surface area contributed by atoms with E-state index in [1.165, 1.54) is 107 Å². The van der Waals surface area contributed by atoms with Crippen molar-refractivity contribution in [3.05, 3.63) is 59.2 Å². The van der Waals surface area contributed by atoms with E-state index in [1.807, 2.05) is 0 Å². The quantitative estimate of drug-likeness (QED) is 0.310. The lowest BCUT2D eigenvalue weighted by molar-refractivity contribution is 0.303. The Hall–Kier alpha value is -1.56. The number of hydrogen-bond acceptors (Lipinski definition) is 0. The molecule has 0 radical (unpaired) electrons. The molecule has 0 nitrogen and oxygen atoms in total. The van der Waals surface area contributed by atoms with Crippen LogP contribution in [0.4, 0.5) is 0 Å². The predicted molar refractivity (Wildman–Crippen MR) is 150 cm³/mol. The second kappa shape index (κ2) is 12.9. The summed E-state index contributed by atoms with van der Waals surface area (Å²) in [7, 11) is 0. The van der Waals surface area contributed by atoms with Gasteiger partial charge in [-0.2, -0.15) is 0 Å². The van der Waals surface area contributed by atoms with E-state index in [9.17, 15) is 0 Å². The van der Waals surface area contributed by atoms with Gasteiger partial charge in [0.05, 0.1) is 0 Å². The lowest BCUT2D eigenvalue weighted by Crippen LogP contribution is -2.13. The molecule has 0 unspecified atom stereocenters. The molecular formula is C34H50. The highest BCUT2D eigenvalue weighted by atomic mass is 14.3. The zero-order valence-corrected chi connectivity index (χ0v) is 22.5. The van der Waals surface area contributed by atoms with Crippen LogP contribution in [0.5, 0.6) is 0 Å². The second-order valence-electron chi connectivity index (χ2n) is 11.6. The van der Waals surface area contributed by atoms with Gasteiger partial charge in [0.25, 0.3) is 0 Å². The van der Waals surface area contributed by atoms with Gasteiger partial charge < -0.3 is 0 Å². The Morgan fingerprint density at radius 3 is 1.76 bits per heavy atom. The van der Waals surface area contributed by atoms with E-state index < -0.39 is 0 Å². The highest BCUT2D eigenvalue weighted by molar-refractivity contribution is 5.68. The van der Waals surface area contributed by atoms with Crippen molar-refractivity contribution < 1.29 is 0 Å². The molecule has 0 N–H and O–H groups in total. The van der Waals surface area contributed by atoms with Crippen molar-refractivity contribution >= 4 is 0 Å². The lowest BCUT2D eigenvalue weighted by atomic mass is 9.76. The smallest absolute Gasteiger partial charge is 0.0152 e. The maximum atomic E-state index is 2.55. The molecule has 2 fully saturated rings. The number of hydrogen-bond donors (Lipinski definition) is 0. The van der Waals surface area contributed by atoms with Gasteiger partial charge >= 0.3 is 0 Å². The van der Waals surface area contributed by atoms with Crippen molar-refractivity contribution in [2.45, 2.75) is 129 Å². The van der Waals surface area contributed by atoms with Crippen LogP contribution in [0.2, 0.25) is 0 Å². The summed E-state index contributed by atoms with van der Waals surface area (Å²) in [5.41, 5.74) is 7.58. The van der Waals surface area contributed by atoms with Crippen LogP contribution in [-0.2, 0) is 6.42 Å². The molecule has 0 aromatic heterocycles. The molecule has 2 aliphatic rings. The summed E-state index contributed by atoms with van der Waals surface area (Å²) in [5.74, 6) is 3.55. The predicted octanol–water partition coefficient (Wildman–Crippen LogP) is 10.8. The Kier molecular flexibility index (Phi) is 9.72. The summed E-state index contributed by atoms with van der Waals surface area (Å²) in [4.78, 5) is 0. The zero-order chi connectivity index (χ0) is 23.8. The summed E-state index contributed by atoms with van der Waals surface area (Å²) in [6.07, 6.45) is 20.9. The summed E-state index contributed by atoms with van der Waals surface area (Å²) in [6, 6.07) is 17.1. The minimum absolute atomic E-state index is 0.784. The van der Waals surface area contributed by atoms with Gasteiger partial charge in [0.2, 0.25) is 0 Å². The third-order valence-corrected chi connectivity index (χ3v) is 9.28. The molecule has 0 saturated heterocycles. The van der Waals surface area contributed by atoms with Gasteiger partial charge in [0, 0.05) is 0 Å². The molecule has 0 amide bonds. The average Bonchev–Trinajstić information content (AvgIpc) is 2.90. The van der Waals surface area contributed by atoms with Crippen LogP contribution < -0.4 is 0 Å². The van der Waals surface area contributed by atoms with Crippen LogP contribution in [0, 0.1) is 11.8 Å². The van der Waals surface area contributed by atoms with Gasteiger partial charge in [-0.05, 0) is 109 Å². The highest BCUT2D eigenvalue weighted by Crippen LogP contribution is 2.40. The van der Waals surface area contributed by atoms with Crippen LogP contribution in [0.3, 0.4) is 0 Å². The molecule has 2 saturated carbocycles. The summed E-state index contributed by atoms with van der Waals surface area (Å²) in [5, 5.41) is 0. The molecule has 2 aliphatic carbocycles. The summed E-state index contributed by atoms with van der Waals surface area (Å²) < 4.78 is 0. The van der Waals surface area contributed by atoms with Crippen molar-refractivity contribution in [2.24, 2.45) is 11.8 Å². The van der Waals surface area contributed by atoms with Crippen LogP contribution in [0.1, 0.15) is 139 Å². The topological polar surface area (TPSA) is 0 Å². The normalized spacial score (nSPS) is 25.4. The van der Waals surface area contributed by atoms with E-state index in [0.29, 0.717) is 0 Å². The van der Waals surface area contributed by atoms with Crippen molar-refractivity contribution in [1.29, 1.82) is 0 Å². The molecule has 2 aromatic rings. The molecule has 4 rings (SSSR count). The Morgan fingerprint density at radius 2 is 1.18 bits per heavy atom. The largest absolute Gasteiger partial charge is 0.0654 e. The first kappa shape index (κ1) is 25.5. The minimum atomic E-state index is 0.784. The van der Waals surface area contributed by atoms with Gasteiger partial charge in [-0.3, -0.25) is 0 Å². The monoisotopic (exact) mass is 458 g/mol. The van der Waals surface area contributed by atoms with Crippen LogP contribution in [0.15, 0.2) is 42.5 Å². The van der Waals surface area contributed by atoms with Crippen molar-refractivity contribution in [2.75, 3.05) is 0 Å². The van der Waals surface area contributed by atoms with Crippen molar-refractivity contribution in [1.82, 2.24) is 0 Å². The van der Waals surface area contributed by atoms with Gasteiger partial charge in [0.15, 0.2) is 0 Å². The fourth-order valence-corrected chi connectivity index (χ4v) is 7.04. The zero-order valence-electron chi connectivity index (χ0n) is 22.5. The molecule has 0 heteroatoms. The van der Waals surface area contributed by atoms with Gasteiger partial charge in [-0.15, -0.1) is 0 Å². The third kappa shape index (κ3) is 6.56. The van der Waals surface area contributed by atoms with Crippen LogP contribution >= 0.6 is 0 Å². The maximum absolute atomic E-state index is 2.55. The first-order valence-corrected chi connectivity index (χ1v) is 14.9. The Bertz CT molecular complexity index is 844. The van der Waals surface area contributed by atoms with E-state index in [4.69, 9.17) is 0 Å². The van der Waals surface area contributed by atoms with Gasteiger partial charge in [0.1, 0.15) is 0 Å². The Morgan fingerprint density at radius 1 is 0.588 bits per heavy atom. The SMILES string of the molecule is CCCCCC1CCC(c2ccc(-c3ccc(C4CCC(CCC)CC4)cc3CC)cc2)CC1. The van der Waals surface area contributed by atoms with Gasteiger partial charge in [-0.1, -0.05) is 102 Å². The number of benzene rings is 2. The summed E-state index contributed by atoms with van der Waals surface area (Å²) >= 11 is 0. The van der Waals surface area contributed by atoms with E-state index in [0.717, 1.165) is 30.1 Å². The minimum Gasteiger partial charge on any atom is -0.0654 e. The third-order valence-electron chi connectivity index (χ3n) is 9.28. The molecule has 0 spiro atoms. The number of aryl methyl sites for hydroxylation is 1. The molecule has 34 heavy (non-hydrogen) atoms. The van der Waals surface area contributed by atoms with Gasteiger partial charge in [-0.25, -0.2) is 0 Å². The standard InChI is InChI=1S/C34H50/c1-4-7-8-10-27-13-15-29(16-14-27)30-19-21-32(22-20-30)34-24-23-33(25-28(34)6-3)31-17-11-26(9-5-2)12-18-31/h19-27,29,31H,4-18H2,1-3H3. The first-order chi connectivity index (χ1) is 16.7. The number of unbranched alkanes of at least 4 members (excludes halogenated alkanes) is 2. The van der Waals surface area contributed by atoms with Crippen LogP contribution in [0.25, 0.3) is 11.1 Å². The van der Waals surface area contributed by atoms with E-state index in [2.05, 4.69) is 63.2 Å². The molecule has 0 atom stereocenters. The molecule has 2 aromatic carbocycles. The highest BCUT2D eigenvalue weighted by Gasteiger charge is 2.23. The lowest BCUT2D eigenvalue weighted by Gasteiger charge is -2.29.